The molecular formula is C11H13N5OS. The molecule has 2 aromatic heterocycles. The zero-order chi connectivity index (χ0) is 12.8. The molecule has 0 saturated heterocycles. The smallest absolute Gasteiger partial charge is 0.271 e. The molecule has 0 spiro atoms. The monoisotopic (exact) mass is 263 g/mol. The topological polar surface area (TPSA) is 79.8 Å². The normalized spacial score (nSPS) is 10.1. The molecule has 1 amide bonds. The molecule has 6 nitrogen and oxygen atoms in total. The van der Waals surface area contributed by atoms with Gasteiger partial charge in [-0.2, -0.15) is 0 Å². The van der Waals surface area contributed by atoms with Crippen molar-refractivity contribution >= 4 is 23.1 Å². The fourth-order valence-electron chi connectivity index (χ4n) is 1.33. The molecule has 0 unspecified atom stereocenters. The number of hydrogen-bond donors (Lipinski definition) is 2. The second-order valence-corrected chi connectivity index (χ2v) is 4.24. The van der Waals surface area contributed by atoms with Gasteiger partial charge in [0.15, 0.2) is 0 Å². The third-order valence-electron chi connectivity index (χ3n) is 2.29. The molecule has 94 valence electrons. The second kappa shape index (κ2) is 6.06. The highest BCUT2D eigenvalue weighted by atomic mass is 32.1. The first-order valence-corrected chi connectivity index (χ1v) is 6.39. The van der Waals surface area contributed by atoms with Gasteiger partial charge in [0.2, 0.25) is 0 Å². The van der Waals surface area contributed by atoms with Crippen LogP contribution in [0.5, 0.6) is 0 Å². The summed E-state index contributed by atoms with van der Waals surface area (Å²) < 4.78 is 0. The lowest BCUT2D eigenvalue weighted by Gasteiger charge is -2.03. The Labute approximate surface area is 109 Å². The van der Waals surface area contributed by atoms with Crippen LogP contribution in [0, 0.1) is 0 Å². The van der Waals surface area contributed by atoms with E-state index in [0.717, 1.165) is 12.1 Å². The molecule has 18 heavy (non-hydrogen) atoms. The van der Waals surface area contributed by atoms with E-state index in [1.807, 2.05) is 5.38 Å². The van der Waals surface area contributed by atoms with Crippen LogP contribution in [0.25, 0.3) is 0 Å². The zero-order valence-corrected chi connectivity index (χ0v) is 10.7. The van der Waals surface area contributed by atoms with Crippen LogP contribution < -0.4 is 10.6 Å². The second-order valence-electron chi connectivity index (χ2n) is 3.52. The number of nitrogens with one attached hydrogen (secondary N) is 2. The van der Waals surface area contributed by atoms with Crippen molar-refractivity contribution < 1.29 is 4.79 Å². The van der Waals surface area contributed by atoms with Crippen LogP contribution in [0.15, 0.2) is 23.3 Å². The van der Waals surface area contributed by atoms with Crippen LogP contribution in [0.1, 0.15) is 16.2 Å². The summed E-state index contributed by atoms with van der Waals surface area (Å²) in [4.78, 5) is 23.9. The minimum atomic E-state index is -0.222. The van der Waals surface area contributed by atoms with Crippen molar-refractivity contribution in [1.82, 2.24) is 20.3 Å². The molecule has 2 aromatic rings. The molecule has 2 rings (SSSR count). The van der Waals surface area contributed by atoms with Gasteiger partial charge in [0.1, 0.15) is 11.5 Å². The third-order valence-corrected chi connectivity index (χ3v) is 2.93. The van der Waals surface area contributed by atoms with E-state index in [4.69, 9.17) is 0 Å². The van der Waals surface area contributed by atoms with Crippen molar-refractivity contribution in [3.05, 3.63) is 34.7 Å². The van der Waals surface area contributed by atoms with E-state index >= 15 is 0 Å². The predicted octanol–water partition coefficient (Wildman–Crippen LogP) is 0.947. The number of anilines is 1. The zero-order valence-electron chi connectivity index (χ0n) is 9.88. The van der Waals surface area contributed by atoms with Crippen LogP contribution in [-0.4, -0.2) is 34.5 Å². The SMILES string of the molecule is CNc1cnc(C(=O)NCCc2cscn2)cn1. The first-order chi connectivity index (χ1) is 8.79. The Balaban J connectivity index is 1.83. The molecule has 0 saturated carbocycles. The van der Waals surface area contributed by atoms with Crippen LogP contribution in [-0.2, 0) is 6.42 Å². The number of carbonyl (C=O) groups excluding carboxylic acids is 1. The number of amides is 1. The van der Waals surface area contributed by atoms with Gasteiger partial charge in [-0.15, -0.1) is 11.3 Å². The Morgan fingerprint density at radius 1 is 1.33 bits per heavy atom. The van der Waals surface area contributed by atoms with Gasteiger partial charge in [0.05, 0.1) is 23.6 Å². The van der Waals surface area contributed by atoms with Gasteiger partial charge in [0, 0.05) is 25.4 Å². The summed E-state index contributed by atoms with van der Waals surface area (Å²) in [5, 5.41) is 7.59. The number of hydrogen-bond acceptors (Lipinski definition) is 6. The highest BCUT2D eigenvalue weighted by Gasteiger charge is 2.07. The molecule has 0 radical (unpaired) electrons. The average molecular weight is 263 g/mol. The van der Waals surface area contributed by atoms with Gasteiger partial charge in [-0.05, 0) is 0 Å². The van der Waals surface area contributed by atoms with Crippen LogP contribution in [0.3, 0.4) is 0 Å². The van der Waals surface area contributed by atoms with Crippen LogP contribution in [0.4, 0.5) is 5.82 Å². The molecule has 0 bridgehead atoms. The maximum Gasteiger partial charge on any atom is 0.271 e. The Morgan fingerprint density at radius 3 is 2.83 bits per heavy atom. The van der Waals surface area contributed by atoms with E-state index in [2.05, 4.69) is 25.6 Å². The molecule has 0 aliphatic heterocycles. The van der Waals surface area contributed by atoms with Crippen molar-refractivity contribution in [2.45, 2.75) is 6.42 Å². The first-order valence-electron chi connectivity index (χ1n) is 5.44. The molecular weight excluding hydrogens is 250 g/mol. The number of carbonyl (C=O) groups is 1. The Morgan fingerprint density at radius 2 is 2.22 bits per heavy atom. The van der Waals surface area contributed by atoms with Crippen LogP contribution in [0.2, 0.25) is 0 Å². The van der Waals surface area contributed by atoms with Crippen molar-refractivity contribution in [3.63, 3.8) is 0 Å². The van der Waals surface area contributed by atoms with E-state index in [0.29, 0.717) is 18.1 Å². The van der Waals surface area contributed by atoms with Gasteiger partial charge in [0.25, 0.3) is 5.91 Å². The van der Waals surface area contributed by atoms with Gasteiger partial charge in [-0.1, -0.05) is 0 Å². The van der Waals surface area contributed by atoms with E-state index in [-0.39, 0.29) is 5.91 Å². The number of nitrogens with zero attached hydrogens (tertiary/aromatic N) is 3. The fourth-order valence-corrected chi connectivity index (χ4v) is 1.92. The number of thiazole rings is 1. The standard InChI is InChI=1S/C11H13N5OS/c1-12-10-5-14-9(4-15-10)11(17)13-3-2-8-6-18-7-16-8/h4-7H,2-3H2,1H3,(H,12,15)(H,13,17). The summed E-state index contributed by atoms with van der Waals surface area (Å²) in [5.74, 6) is 0.411. The van der Waals surface area contributed by atoms with E-state index < -0.39 is 0 Å². The Bertz CT molecular complexity index is 497. The summed E-state index contributed by atoms with van der Waals surface area (Å²) in [6.45, 7) is 0.540. The lowest BCUT2D eigenvalue weighted by atomic mass is 10.3. The molecule has 2 N–H and O–H groups in total. The lowest BCUT2D eigenvalue weighted by Crippen LogP contribution is -2.26. The van der Waals surface area contributed by atoms with Crippen molar-refractivity contribution in [2.24, 2.45) is 0 Å². The molecule has 7 heteroatoms. The van der Waals surface area contributed by atoms with E-state index in [9.17, 15) is 4.79 Å². The fraction of sp³-hybridized carbons (Fsp3) is 0.273. The molecule has 0 fully saturated rings. The predicted molar refractivity (Wildman–Crippen MR) is 69.7 cm³/mol. The Hall–Kier alpha value is -2.02. The quantitative estimate of drug-likeness (QED) is 0.839. The highest BCUT2D eigenvalue weighted by Crippen LogP contribution is 2.02. The number of aromatic nitrogens is 3. The number of rotatable bonds is 5. The average Bonchev–Trinajstić information content (AvgIpc) is 2.92. The maximum absolute atomic E-state index is 11.7. The summed E-state index contributed by atoms with van der Waals surface area (Å²) in [6.07, 6.45) is 3.69. The van der Waals surface area contributed by atoms with Crippen molar-refractivity contribution in [1.29, 1.82) is 0 Å². The van der Waals surface area contributed by atoms with E-state index in [1.54, 1.807) is 23.9 Å². The maximum atomic E-state index is 11.7. The minimum absolute atomic E-state index is 0.222. The largest absolute Gasteiger partial charge is 0.372 e. The lowest BCUT2D eigenvalue weighted by molar-refractivity contribution is 0.0949. The molecule has 0 atom stereocenters. The molecule has 0 aromatic carbocycles. The first kappa shape index (κ1) is 12.4. The molecule has 0 aliphatic rings. The van der Waals surface area contributed by atoms with E-state index in [1.165, 1.54) is 12.4 Å². The molecule has 0 aliphatic carbocycles. The van der Waals surface area contributed by atoms with Crippen molar-refractivity contribution in [3.8, 4) is 0 Å². The minimum Gasteiger partial charge on any atom is -0.372 e. The third kappa shape index (κ3) is 3.24. The van der Waals surface area contributed by atoms with Gasteiger partial charge < -0.3 is 10.6 Å². The summed E-state index contributed by atoms with van der Waals surface area (Å²) in [6, 6.07) is 0. The highest BCUT2D eigenvalue weighted by molar-refractivity contribution is 7.07. The van der Waals surface area contributed by atoms with Gasteiger partial charge in [-0.25, -0.2) is 15.0 Å². The Kier molecular flexibility index (Phi) is 4.19. The van der Waals surface area contributed by atoms with Gasteiger partial charge in [-0.3, -0.25) is 4.79 Å². The van der Waals surface area contributed by atoms with Crippen LogP contribution >= 0.6 is 11.3 Å². The van der Waals surface area contributed by atoms with Crippen molar-refractivity contribution in [2.75, 3.05) is 18.9 Å². The van der Waals surface area contributed by atoms with Gasteiger partial charge >= 0.3 is 0 Å². The summed E-state index contributed by atoms with van der Waals surface area (Å²) in [7, 11) is 1.75. The summed E-state index contributed by atoms with van der Waals surface area (Å²) in [5.41, 5.74) is 3.07. The molecule has 2 heterocycles. The summed E-state index contributed by atoms with van der Waals surface area (Å²) >= 11 is 1.55.